The molecule has 112 valence electrons. The van der Waals surface area contributed by atoms with E-state index in [1.165, 1.54) is 5.56 Å². The second-order valence-electron chi connectivity index (χ2n) is 5.62. The van der Waals surface area contributed by atoms with Gasteiger partial charge in [-0.25, -0.2) is 0 Å². The normalized spacial score (nSPS) is 14.1. The quantitative estimate of drug-likeness (QED) is 0.812. The summed E-state index contributed by atoms with van der Waals surface area (Å²) in [4.78, 5) is 2.36. The van der Waals surface area contributed by atoms with E-state index in [2.05, 4.69) is 50.1 Å². The maximum absolute atomic E-state index is 10.2. The first kappa shape index (κ1) is 15.6. The Balaban J connectivity index is 2.28. The summed E-state index contributed by atoms with van der Waals surface area (Å²) in [7, 11) is 2.14. The van der Waals surface area contributed by atoms with Crippen LogP contribution in [0.5, 0.6) is 5.75 Å². The van der Waals surface area contributed by atoms with Crippen LogP contribution in [0.4, 0.5) is 0 Å². The second kappa shape index (κ2) is 7.28. The highest BCUT2D eigenvalue weighted by Gasteiger charge is 2.23. The minimum atomic E-state index is 0.228. The molecule has 0 saturated carbocycles. The third kappa shape index (κ3) is 3.64. The van der Waals surface area contributed by atoms with Crippen LogP contribution in [0, 0.1) is 0 Å². The van der Waals surface area contributed by atoms with Crippen molar-refractivity contribution in [1.29, 1.82) is 0 Å². The summed E-state index contributed by atoms with van der Waals surface area (Å²) >= 11 is 0. The molecule has 1 N–H and O–H groups in total. The maximum atomic E-state index is 10.2. The number of rotatable bonds is 6. The van der Waals surface area contributed by atoms with Crippen LogP contribution in [-0.2, 0) is 0 Å². The maximum Gasteiger partial charge on any atom is 0.120 e. The molecule has 0 aliphatic carbocycles. The molecule has 2 nitrogen and oxygen atoms in total. The van der Waals surface area contributed by atoms with Crippen molar-refractivity contribution in [2.75, 3.05) is 7.05 Å². The SMILES string of the molecule is CCC[C@H](c1ccccc1O)N(C)[C@H](C)c1ccccc1. The highest BCUT2D eigenvalue weighted by Crippen LogP contribution is 2.35. The Morgan fingerprint density at radius 2 is 1.62 bits per heavy atom. The predicted octanol–water partition coefficient (Wildman–Crippen LogP) is 4.93. The van der Waals surface area contributed by atoms with Crippen molar-refractivity contribution in [2.45, 2.75) is 38.8 Å². The van der Waals surface area contributed by atoms with Gasteiger partial charge in [0.1, 0.15) is 5.75 Å². The lowest BCUT2D eigenvalue weighted by molar-refractivity contribution is 0.172. The summed E-state index contributed by atoms with van der Waals surface area (Å²) in [6, 6.07) is 18.7. The van der Waals surface area contributed by atoms with Crippen LogP contribution in [0.25, 0.3) is 0 Å². The molecular weight excluding hydrogens is 258 g/mol. The number of hydrogen-bond acceptors (Lipinski definition) is 2. The van der Waals surface area contributed by atoms with E-state index in [0.29, 0.717) is 11.8 Å². The molecule has 0 fully saturated rings. The van der Waals surface area contributed by atoms with Gasteiger partial charge in [-0.2, -0.15) is 0 Å². The fourth-order valence-corrected chi connectivity index (χ4v) is 2.86. The van der Waals surface area contributed by atoms with Crippen LogP contribution < -0.4 is 0 Å². The number of phenols is 1. The summed E-state index contributed by atoms with van der Waals surface area (Å²) in [5.74, 6) is 0.392. The summed E-state index contributed by atoms with van der Waals surface area (Å²) in [5.41, 5.74) is 2.32. The van der Waals surface area contributed by atoms with Gasteiger partial charge in [-0.15, -0.1) is 0 Å². The molecule has 2 heteroatoms. The molecule has 0 saturated heterocycles. The fourth-order valence-electron chi connectivity index (χ4n) is 2.86. The monoisotopic (exact) mass is 283 g/mol. The van der Waals surface area contributed by atoms with Crippen molar-refractivity contribution < 1.29 is 5.11 Å². The summed E-state index contributed by atoms with van der Waals surface area (Å²) in [6.07, 6.45) is 2.12. The second-order valence-corrected chi connectivity index (χ2v) is 5.62. The fraction of sp³-hybridized carbons (Fsp3) is 0.368. The van der Waals surface area contributed by atoms with E-state index in [9.17, 15) is 5.11 Å². The van der Waals surface area contributed by atoms with Crippen LogP contribution in [0.2, 0.25) is 0 Å². The van der Waals surface area contributed by atoms with Gasteiger partial charge in [0.25, 0.3) is 0 Å². The van der Waals surface area contributed by atoms with Crippen molar-refractivity contribution in [3.63, 3.8) is 0 Å². The van der Waals surface area contributed by atoms with Gasteiger partial charge in [0.2, 0.25) is 0 Å². The number of nitrogens with zero attached hydrogens (tertiary/aromatic N) is 1. The smallest absolute Gasteiger partial charge is 0.120 e. The third-order valence-electron chi connectivity index (χ3n) is 4.24. The molecule has 0 aliphatic heterocycles. The first-order valence-corrected chi connectivity index (χ1v) is 7.70. The molecule has 2 aromatic carbocycles. The zero-order chi connectivity index (χ0) is 15.2. The lowest BCUT2D eigenvalue weighted by Crippen LogP contribution is -2.27. The molecule has 0 bridgehead atoms. The Morgan fingerprint density at radius 3 is 2.24 bits per heavy atom. The lowest BCUT2D eigenvalue weighted by Gasteiger charge is -2.34. The van der Waals surface area contributed by atoms with E-state index >= 15 is 0 Å². The Hall–Kier alpha value is -1.80. The molecule has 2 aromatic rings. The highest BCUT2D eigenvalue weighted by molar-refractivity contribution is 5.35. The zero-order valence-corrected chi connectivity index (χ0v) is 13.2. The largest absolute Gasteiger partial charge is 0.508 e. The van der Waals surface area contributed by atoms with E-state index < -0.39 is 0 Å². The van der Waals surface area contributed by atoms with Crippen molar-refractivity contribution in [3.05, 3.63) is 65.7 Å². The number of phenolic OH excluding ortho intramolecular Hbond substituents is 1. The molecule has 0 radical (unpaired) electrons. The van der Waals surface area contributed by atoms with Gasteiger partial charge in [0.15, 0.2) is 0 Å². The van der Waals surface area contributed by atoms with Gasteiger partial charge in [0.05, 0.1) is 0 Å². The van der Waals surface area contributed by atoms with Crippen LogP contribution >= 0.6 is 0 Å². The number of benzene rings is 2. The summed E-state index contributed by atoms with van der Waals surface area (Å²) in [5, 5.41) is 10.2. The van der Waals surface area contributed by atoms with Crippen LogP contribution in [0.15, 0.2) is 54.6 Å². The van der Waals surface area contributed by atoms with Gasteiger partial charge < -0.3 is 5.11 Å². The van der Waals surface area contributed by atoms with E-state index in [0.717, 1.165) is 18.4 Å². The van der Waals surface area contributed by atoms with Gasteiger partial charge in [-0.3, -0.25) is 4.90 Å². The van der Waals surface area contributed by atoms with E-state index in [-0.39, 0.29) is 6.04 Å². The Labute approximate surface area is 128 Å². The van der Waals surface area contributed by atoms with E-state index in [1.807, 2.05) is 24.3 Å². The Morgan fingerprint density at radius 1 is 1.00 bits per heavy atom. The molecular formula is C19H25NO. The predicted molar refractivity (Wildman–Crippen MR) is 88.4 cm³/mol. The first-order valence-electron chi connectivity index (χ1n) is 7.70. The number of para-hydroxylation sites is 1. The molecule has 2 atom stereocenters. The number of aromatic hydroxyl groups is 1. The van der Waals surface area contributed by atoms with Crippen LogP contribution in [-0.4, -0.2) is 17.1 Å². The molecule has 21 heavy (non-hydrogen) atoms. The molecule has 0 heterocycles. The molecule has 0 unspecified atom stereocenters. The average molecular weight is 283 g/mol. The molecule has 0 aromatic heterocycles. The van der Waals surface area contributed by atoms with Gasteiger partial charge >= 0.3 is 0 Å². The summed E-state index contributed by atoms with van der Waals surface area (Å²) in [6.45, 7) is 4.41. The van der Waals surface area contributed by atoms with Crippen molar-refractivity contribution in [2.24, 2.45) is 0 Å². The third-order valence-corrected chi connectivity index (χ3v) is 4.24. The molecule has 0 aliphatic rings. The Bertz CT molecular complexity index is 553. The molecule has 0 amide bonds. The topological polar surface area (TPSA) is 23.5 Å². The van der Waals surface area contributed by atoms with Crippen molar-refractivity contribution in [1.82, 2.24) is 4.90 Å². The van der Waals surface area contributed by atoms with Gasteiger partial charge in [-0.05, 0) is 32.0 Å². The van der Waals surface area contributed by atoms with E-state index in [1.54, 1.807) is 6.07 Å². The standard InChI is InChI=1S/C19H25NO/c1-4-10-18(17-13-8-9-14-19(17)21)20(3)15(2)16-11-6-5-7-12-16/h5-9,11-15,18,21H,4,10H2,1-3H3/t15-,18-/m1/s1. The average Bonchev–Trinajstić information content (AvgIpc) is 2.53. The van der Waals surface area contributed by atoms with E-state index in [4.69, 9.17) is 0 Å². The van der Waals surface area contributed by atoms with Crippen LogP contribution in [0.3, 0.4) is 0 Å². The molecule has 2 rings (SSSR count). The van der Waals surface area contributed by atoms with Crippen molar-refractivity contribution in [3.8, 4) is 5.75 Å². The minimum absolute atomic E-state index is 0.228. The Kier molecular flexibility index (Phi) is 5.40. The van der Waals surface area contributed by atoms with Crippen molar-refractivity contribution >= 4 is 0 Å². The highest BCUT2D eigenvalue weighted by atomic mass is 16.3. The van der Waals surface area contributed by atoms with Gasteiger partial charge in [0, 0.05) is 17.6 Å². The zero-order valence-electron chi connectivity index (χ0n) is 13.2. The van der Waals surface area contributed by atoms with Crippen LogP contribution in [0.1, 0.15) is 49.9 Å². The number of hydrogen-bond donors (Lipinski definition) is 1. The summed E-state index contributed by atoms with van der Waals surface area (Å²) < 4.78 is 0. The molecule has 0 spiro atoms. The lowest BCUT2D eigenvalue weighted by atomic mass is 9.97. The first-order chi connectivity index (χ1) is 10.1. The minimum Gasteiger partial charge on any atom is -0.508 e. The van der Waals surface area contributed by atoms with Gasteiger partial charge in [-0.1, -0.05) is 61.9 Å².